The average Bonchev–Trinajstić information content (AvgIpc) is 2.96. The predicted octanol–water partition coefficient (Wildman–Crippen LogP) is 2.11. The van der Waals surface area contributed by atoms with E-state index >= 15 is 0 Å². The second kappa shape index (κ2) is 6.87. The van der Waals surface area contributed by atoms with Crippen molar-refractivity contribution < 1.29 is 8.42 Å². The standard InChI is InChI=1S/C17H27N3O2S/c1-2-13-23(21,22)20-12-8-17(15-20)6-10-19(11-7-17)14-16-5-3-4-9-18-16/h3-5,9H,2,6-8,10-15H2,1H3. The van der Waals surface area contributed by atoms with Crippen LogP contribution in [0.2, 0.25) is 0 Å². The molecule has 0 aliphatic carbocycles. The van der Waals surface area contributed by atoms with Gasteiger partial charge in [-0.1, -0.05) is 13.0 Å². The molecule has 1 spiro atoms. The van der Waals surface area contributed by atoms with Gasteiger partial charge >= 0.3 is 0 Å². The molecule has 0 aromatic carbocycles. The van der Waals surface area contributed by atoms with Crippen LogP contribution < -0.4 is 0 Å². The molecule has 23 heavy (non-hydrogen) atoms. The number of sulfonamides is 1. The highest BCUT2D eigenvalue weighted by Gasteiger charge is 2.43. The van der Waals surface area contributed by atoms with E-state index in [1.165, 1.54) is 0 Å². The number of piperidine rings is 1. The molecule has 5 nitrogen and oxygen atoms in total. The highest BCUT2D eigenvalue weighted by atomic mass is 32.2. The molecule has 3 rings (SSSR count). The van der Waals surface area contributed by atoms with Gasteiger partial charge in [-0.3, -0.25) is 9.88 Å². The second-order valence-corrected chi connectivity index (χ2v) is 9.09. The summed E-state index contributed by atoms with van der Waals surface area (Å²) in [6, 6.07) is 6.04. The lowest BCUT2D eigenvalue weighted by molar-refractivity contribution is 0.108. The summed E-state index contributed by atoms with van der Waals surface area (Å²) < 4.78 is 26.3. The molecule has 2 aliphatic rings. The van der Waals surface area contributed by atoms with E-state index in [2.05, 4.69) is 16.0 Å². The van der Waals surface area contributed by atoms with Crippen LogP contribution in [0.5, 0.6) is 0 Å². The Morgan fingerprint density at radius 3 is 2.57 bits per heavy atom. The van der Waals surface area contributed by atoms with Crippen LogP contribution in [0.15, 0.2) is 24.4 Å². The number of hydrogen-bond donors (Lipinski definition) is 0. The Bertz CT molecular complexity index is 610. The van der Waals surface area contributed by atoms with Gasteiger partial charge in [0.05, 0.1) is 11.4 Å². The van der Waals surface area contributed by atoms with E-state index in [-0.39, 0.29) is 11.2 Å². The van der Waals surface area contributed by atoms with Crippen molar-refractivity contribution in [3.63, 3.8) is 0 Å². The minimum atomic E-state index is -3.04. The maximum absolute atomic E-state index is 12.3. The van der Waals surface area contributed by atoms with Gasteiger partial charge in [-0.2, -0.15) is 0 Å². The van der Waals surface area contributed by atoms with E-state index in [4.69, 9.17) is 0 Å². The van der Waals surface area contributed by atoms with Gasteiger partial charge in [0.15, 0.2) is 0 Å². The molecule has 1 aromatic heterocycles. The first-order valence-corrected chi connectivity index (χ1v) is 10.2. The maximum Gasteiger partial charge on any atom is 0.214 e. The molecular formula is C17H27N3O2S. The number of hydrogen-bond acceptors (Lipinski definition) is 4. The molecule has 1 aromatic rings. The first-order chi connectivity index (χ1) is 11.0. The normalized spacial score (nSPS) is 22.7. The number of aromatic nitrogens is 1. The Hall–Kier alpha value is -0.980. The van der Waals surface area contributed by atoms with Crippen LogP contribution in [0.25, 0.3) is 0 Å². The zero-order valence-corrected chi connectivity index (χ0v) is 14.8. The molecule has 0 atom stereocenters. The number of likely N-dealkylation sites (tertiary alicyclic amines) is 1. The topological polar surface area (TPSA) is 53.5 Å². The molecule has 2 aliphatic heterocycles. The van der Waals surface area contributed by atoms with Crippen molar-refractivity contribution in [1.29, 1.82) is 0 Å². The van der Waals surface area contributed by atoms with Gasteiger partial charge in [0.25, 0.3) is 0 Å². The second-order valence-electron chi connectivity index (χ2n) is 7.00. The van der Waals surface area contributed by atoms with Crippen molar-refractivity contribution in [2.45, 2.75) is 39.2 Å². The Morgan fingerprint density at radius 2 is 1.91 bits per heavy atom. The Labute approximate surface area is 139 Å². The molecule has 0 unspecified atom stereocenters. The highest BCUT2D eigenvalue weighted by molar-refractivity contribution is 7.89. The van der Waals surface area contributed by atoms with Gasteiger partial charge in [-0.05, 0) is 56.3 Å². The van der Waals surface area contributed by atoms with Crippen molar-refractivity contribution in [1.82, 2.24) is 14.2 Å². The van der Waals surface area contributed by atoms with E-state index in [1.807, 2.05) is 25.3 Å². The average molecular weight is 337 g/mol. The summed E-state index contributed by atoms with van der Waals surface area (Å²) >= 11 is 0. The molecular weight excluding hydrogens is 310 g/mol. The lowest BCUT2D eigenvalue weighted by atomic mass is 9.78. The van der Waals surface area contributed by atoms with Gasteiger partial charge in [0.1, 0.15) is 0 Å². The summed E-state index contributed by atoms with van der Waals surface area (Å²) in [6.07, 6.45) is 5.75. The summed E-state index contributed by atoms with van der Waals surface area (Å²) in [4.78, 5) is 6.84. The molecule has 0 saturated carbocycles. The Morgan fingerprint density at radius 1 is 1.17 bits per heavy atom. The van der Waals surface area contributed by atoms with E-state index in [0.29, 0.717) is 13.0 Å². The number of rotatable bonds is 5. The molecule has 128 valence electrons. The van der Waals surface area contributed by atoms with Crippen molar-refractivity contribution >= 4 is 10.0 Å². The lowest BCUT2D eigenvalue weighted by Gasteiger charge is -2.39. The first-order valence-electron chi connectivity index (χ1n) is 8.63. The highest BCUT2D eigenvalue weighted by Crippen LogP contribution is 2.41. The van der Waals surface area contributed by atoms with Crippen LogP contribution in [-0.2, 0) is 16.6 Å². The summed E-state index contributed by atoms with van der Waals surface area (Å²) in [5.41, 5.74) is 1.32. The molecule has 0 amide bonds. The third-order valence-corrected chi connectivity index (χ3v) is 7.31. The maximum atomic E-state index is 12.3. The van der Waals surface area contributed by atoms with Crippen molar-refractivity contribution in [2.75, 3.05) is 31.9 Å². The van der Waals surface area contributed by atoms with E-state index in [9.17, 15) is 8.42 Å². The van der Waals surface area contributed by atoms with Crippen molar-refractivity contribution in [3.8, 4) is 0 Å². The van der Waals surface area contributed by atoms with Crippen LogP contribution in [0.4, 0.5) is 0 Å². The SMILES string of the molecule is CCCS(=O)(=O)N1CCC2(CCN(Cc3ccccn3)CC2)C1. The minimum Gasteiger partial charge on any atom is -0.297 e. The van der Waals surface area contributed by atoms with Gasteiger partial charge < -0.3 is 0 Å². The van der Waals surface area contributed by atoms with Gasteiger partial charge in [0.2, 0.25) is 10.0 Å². The van der Waals surface area contributed by atoms with E-state index in [0.717, 1.165) is 51.1 Å². The zero-order valence-electron chi connectivity index (χ0n) is 13.9. The molecule has 6 heteroatoms. The summed E-state index contributed by atoms with van der Waals surface area (Å²) in [7, 11) is -3.04. The van der Waals surface area contributed by atoms with Gasteiger partial charge in [-0.25, -0.2) is 12.7 Å². The van der Waals surface area contributed by atoms with Crippen LogP contribution in [0.3, 0.4) is 0 Å². The van der Waals surface area contributed by atoms with Gasteiger partial charge in [0, 0.05) is 25.8 Å². The molecule has 3 heterocycles. The van der Waals surface area contributed by atoms with Crippen LogP contribution >= 0.6 is 0 Å². The molecule has 0 radical (unpaired) electrons. The fourth-order valence-corrected chi connectivity index (χ4v) is 5.45. The Balaban J connectivity index is 1.55. The van der Waals surface area contributed by atoms with E-state index in [1.54, 1.807) is 4.31 Å². The van der Waals surface area contributed by atoms with Gasteiger partial charge in [-0.15, -0.1) is 0 Å². The monoisotopic (exact) mass is 337 g/mol. The number of pyridine rings is 1. The minimum absolute atomic E-state index is 0.210. The smallest absolute Gasteiger partial charge is 0.214 e. The van der Waals surface area contributed by atoms with Crippen LogP contribution in [0, 0.1) is 5.41 Å². The molecule has 0 bridgehead atoms. The van der Waals surface area contributed by atoms with E-state index < -0.39 is 10.0 Å². The zero-order chi connectivity index (χ0) is 16.3. The largest absolute Gasteiger partial charge is 0.297 e. The summed E-state index contributed by atoms with van der Waals surface area (Å²) in [6.45, 7) is 6.35. The molecule has 2 saturated heterocycles. The van der Waals surface area contributed by atoms with Crippen molar-refractivity contribution in [3.05, 3.63) is 30.1 Å². The summed E-state index contributed by atoms with van der Waals surface area (Å²) in [5, 5.41) is 0. The first kappa shape index (κ1) is 16.9. The summed E-state index contributed by atoms with van der Waals surface area (Å²) in [5.74, 6) is 0.287. The van der Waals surface area contributed by atoms with Crippen LogP contribution in [-0.4, -0.2) is 54.5 Å². The predicted molar refractivity (Wildman–Crippen MR) is 91.4 cm³/mol. The third-order valence-electron chi connectivity index (χ3n) is 5.29. The van der Waals surface area contributed by atoms with Crippen LogP contribution in [0.1, 0.15) is 38.3 Å². The van der Waals surface area contributed by atoms with Crippen molar-refractivity contribution in [2.24, 2.45) is 5.41 Å². The fraction of sp³-hybridized carbons (Fsp3) is 0.706. The number of nitrogens with zero attached hydrogens (tertiary/aromatic N) is 3. The third kappa shape index (κ3) is 3.92. The molecule has 0 N–H and O–H groups in total. The molecule has 2 fully saturated rings. The fourth-order valence-electron chi connectivity index (χ4n) is 3.83. The lowest BCUT2D eigenvalue weighted by Crippen LogP contribution is -2.42. The quantitative estimate of drug-likeness (QED) is 0.826. The Kier molecular flexibility index (Phi) is 5.04.